The summed E-state index contributed by atoms with van der Waals surface area (Å²) in [6, 6.07) is 14.1. The summed E-state index contributed by atoms with van der Waals surface area (Å²) in [6.07, 6.45) is 0. The van der Waals surface area contributed by atoms with Gasteiger partial charge in [-0.2, -0.15) is 0 Å². The molecular weight excluding hydrogens is 452 g/mol. The third kappa shape index (κ3) is 7.19. The van der Waals surface area contributed by atoms with E-state index in [1.54, 1.807) is 0 Å². The highest BCUT2D eigenvalue weighted by atomic mass is 19.1. The van der Waals surface area contributed by atoms with Gasteiger partial charge in [0.15, 0.2) is 13.2 Å². The molecule has 0 saturated heterocycles. The van der Waals surface area contributed by atoms with E-state index in [1.807, 2.05) is 0 Å². The molecule has 0 aliphatic rings. The zero-order valence-electron chi connectivity index (χ0n) is 17.4. The van der Waals surface area contributed by atoms with E-state index in [9.17, 15) is 28.0 Å². The third-order valence-electron chi connectivity index (χ3n) is 4.05. The number of benzene rings is 2. The largest absolute Gasteiger partial charge is 0.451 e. The molecule has 2 N–H and O–H groups in total. The molecule has 0 unspecified atom stereocenters. The van der Waals surface area contributed by atoms with Crippen LogP contribution < -0.4 is 10.6 Å². The number of amides is 2. The predicted octanol–water partition coefficient (Wildman–Crippen LogP) is 2.95. The molecule has 0 fully saturated rings. The van der Waals surface area contributed by atoms with Gasteiger partial charge >= 0.3 is 11.9 Å². The monoisotopic (exact) mass is 469 g/mol. The molecule has 34 heavy (non-hydrogen) atoms. The van der Waals surface area contributed by atoms with E-state index in [4.69, 9.17) is 9.47 Å². The summed E-state index contributed by atoms with van der Waals surface area (Å²) < 4.78 is 36.0. The SMILES string of the molecule is O=C(COC(=O)c1cccc(C(=O)OCC(=O)Nc2cccc(F)c2)n1)Nc1cccc(F)c1. The first kappa shape index (κ1) is 24.0. The van der Waals surface area contributed by atoms with Gasteiger partial charge in [-0.3, -0.25) is 9.59 Å². The molecular formula is C23H17F2N3O6. The number of rotatable bonds is 8. The van der Waals surface area contributed by atoms with E-state index in [0.29, 0.717) is 0 Å². The van der Waals surface area contributed by atoms with Crippen LogP contribution in [-0.4, -0.2) is 42.0 Å². The quantitative estimate of drug-likeness (QED) is 0.486. The lowest BCUT2D eigenvalue weighted by atomic mass is 10.3. The summed E-state index contributed by atoms with van der Waals surface area (Å²) in [5.41, 5.74) is -0.190. The molecule has 1 aromatic heterocycles. The molecule has 0 radical (unpaired) electrons. The van der Waals surface area contributed by atoms with Gasteiger partial charge in [-0.15, -0.1) is 0 Å². The molecule has 11 heteroatoms. The molecule has 1 heterocycles. The van der Waals surface area contributed by atoms with Gasteiger partial charge in [0, 0.05) is 11.4 Å². The maximum absolute atomic E-state index is 13.1. The lowest BCUT2D eigenvalue weighted by Crippen LogP contribution is -2.23. The van der Waals surface area contributed by atoms with Crippen LogP contribution in [0, 0.1) is 11.6 Å². The van der Waals surface area contributed by atoms with Crippen molar-refractivity contribution < 1.29 is 37.4 Å². The second kappa shape index (κ2) is 11.3. The number of aromatic nitrogens is 1. The number of nitrogens with zero attached hydrogens (tertiary/aromatic N) is 1. The van der Waals surface area contributed by atoms with E-state index in [0.717, 1.165) is 12.1 Å². The Morgan fingerprint density at radius 1 is 0.676 bits per heavy atom. The molecule has 174 valence electrons. The Morgan fingerprint density at radius 3 is 1.50 bits per heavy atom. The van der Waals surface area contributed by atoms with Gasteiger partial charge in [0.05, 0.1) is 0 Å². The fourth-order valence-electron chi connectivity index (χ4n) is 2.60. The van der Waals surface area contributed by atoms with Crippen molar-refractivity contribution in [2.75, 3.05) is 23.8 Å². The summed E-state index contributed by atoms with van der Waals surface area (Å²) in [7, 11) is 0. The minimum Gasteiger partial charge on any atom is -0.451 e. The van der Waals surface area contributed by atoms with Gasteiger partial charge in [-0.1, -0.05) is 18.2 Å². The number of esters is 2. The van der Waals surface area contributed by atoms with Crippen molar-refractivity contribution in [2.24, 2.45) is 0 Å². The molecule has 0 aliphatic heterocycles. The summed E-state index contributed by atoms with van der Waals surface area (Å²) in [6.45, 7) is -1.35. The lowest BCUT2D eigenvalue weighted by Gasteiger charge is -2.08. The van der Waals surface area contributed by atoms with Crippen LogP contribution in [0.25, 0.3) is 0 Å². The van der Waals surface area contributed by atoms with E-state index in [2.05, 4.69) is 15.6 Å². The van der Waals surface area contributed by atoms with E-state index >= 15 is 0 Å². The lowest BCUT2D eigenvalue weighted by molar-refractivity contribution is -0.119. The van der Waals surface area contributed by atoms with Gasteiger partial charge in [0.25, 0.3) is 11.8 Å². The van der Waals surface area contributed by atoms with E-state index < -0.39 is 48.6 Å². The van der Waals surface area contributed by atoms with Crippen molar-refractivity contribution in [3.63, 3.8) is 0 Å². The molecule has 0 aliphatic carbocycles. The number of pyridine rings is 1. The Bertz CT molecular complexity index is 1140. The van der Waals surface area contributed by atoms with Crippen molar-refractivity contribution in [3.8, 4) is 0 Å². The summed E-state index contributed by atoms with van der Waals surface area (Å²) in [5, 5.41) is 4.72. The highest BCUT2D eigenvalue weighted by Gasteiger charge is 2.17. The number of carbonyl (C=O) groups is 4. The number of nitrogens with one attached hydrogen (secondary N) is 2. The third-order valence-corrected chi connectivity index (χ3v) is 4.05. The number of hydrogen-bond donors (Lipinski definition) is 2. The average molecular weight is 469 g/mol. The number of ether oxygens (including phenoxy) is 2. The van der Waals surface area contributed by atoms with Gasteiger partial charge in [-0.25, -0.2) is 23.4 Å². The molecule has 0 saturated carbocycles. The van der Waals surface area contributed by atoms with Gasteiger partial charge < -0.3 is 20.1 Å². The standard InChI is InChI=1S/C23H17F2N3O6/c24-14-4-1-6-16(10-14)26-20(29)12-33-22(31)18-8-3-9-19(28-18)23(32)34-13-21(30)27-17-7-2-5-15(25)11-17/h1-11H,12-13H2,(H,26,29)(H,27,30). The zero-order chi connectivity index (χ0) is 24.5. The maximum Gasteiger partial charge on any atom is 0.357 e. The van der Waals surface area contributed by atoms with Crippen molar-refractivity contribution in [1.82, 2.24) is 4.98 Å². The number of hydrogen-bond acceptors (Lipinski definition) is 7. The summed E-state index contributed by atoms with van der Waals surface area (Å²) in [4.78, 5) is 51.9. The first-order valence-electron chi connectivity index (χ1n) is 9.72. The Morgan fingerprint density at radius 2 is 1.09 bits per heavy atom. The fraction of sp³-hybridized carbons (Fsp3) is 0.0870. The smallest absolute Gasteiger partial charge is 0.357 e. The highest BCUT2D eigenvalue weighted by molar-refractivity contribution is 5.97. The summed E-state index contributed by atoms with van der Waals surface area (Å²) in [5.74, 6) is -4.50. The molecule has 0 bridgehead atoms. The number of carbonyl (C=O) groups excluding carboxylic acids is 4. The van der Waals surface area contributed by atoms with Crippen LogP contribution in [-0.2, 0) is 19.1 Å². The Balaban J connectivity index is 1.49. The van der Waals surface area contributed by atoms with Gasteiger partial charge in [-0.05, 0) is 48.5 Å². The normalized spacial score (nSPS) is 10.2. The first-order chi connectivity index (χ1) is 16.3. The number of halogens is 2. The van der Waals surface area contributed by atoms with Crippen LogP contribution in [0.4, 0.5) is 20.2 Å². The minimum atomic E-state index is -0.993. The second-order valence-corrected chi connectivity index (χ2v) is 6.68. The first-order valence-corrected chi connectivity index (χ1v) is 9.72. The molecule has 3 rings (SSSR count). The molecule has 9 nitrogen and oxygen atoms in total. The highest BCUT2D eigenvalue weighted by Crippen LogP contribution is 2.10. The molecule has 0 spiro atoms. The van der Waals surface area contributed by atoms with Crippen molar-refractivity contribution >= 4 is 35.1 Å². The molecule has 0 atom stereocenters. The van der Waals surface area contributed by atoms with Crippen LogP contribution in [0.15, 0.2) is 66.7 Å². The fourth-order valence-corrected chi connectivity index (χ4v) is 2.60. The molecule has 3 aromatic rings. The van der Waals surface area contributed by atoms with Crippen LogP contribution >= 0.6 is 0 Å². The van der Waals surface area contributed by atoms with E-state index in [-0.39, 0.29) is 22.8 Å². The average Bonchev–Trinajstić information content (AvgIpc) is 2.81. The van der Waals surface area contributed by atoms with Gasteiger partial charge in [0.1, 0.15) is 23.0 Å². The maximum atomic E-state index is 13.1. The predicted molar refractivity (Wildman–Crippen MR) is 115 cm³/mol. The van der Waals surface area contributed by atoms with Crippen molar-refractivity contribution in [1.29, 1.82) is 0 Å². The van der Waals surface area contributed by atoms with Gasteiger partial charge in [0.2, 0.25) is 0 Å². The number of anilines is 2. The van der Waals surface area contributed by atoms with Crippen LogP contribution in [0.2, 0.25) is 0 Å². The Kier molecular flexibility index (Phi) is 7.95. The topological polar surface area (TPSA) is 124 Å². The Labute approximate surface area is 191 Å². The second-order valence-electron chi connectivity index (χ2n) is 6.68. The summed E-state index contributed by atoms with van der Waals surface area (Å²) >= 11 is 0. The van der Waals surface area contributed by atoms with Crippen LogP contribution in [0.1, 0.15) is 21.0 Å². The van der Waals surface area contributed by atoms with Crippen molar-refractivity contribution in [3.05, 3.63) is 89.8 Å². The molecule has 2 amide bonds. The van der Waals surface area contributed by atoms with Crippen molar-refractivity contribution in [2.45, 2.75) is 0 Å². The van der Waals surface area contributed by atoms with Crippen LogP contribution in [0.5, 0.6) is 0 Å². The molecule has 2 aromatic carbocycles. The minimum absolute atomic E-state index is 0.186. The zero-order valence-corrected chi connectivity index (χ0v) is 17.4. The Hall–Kier alpha value is -4.67. The van der Waals surface area contributed by atoms with E-state index in [1.165, 1.54) is 54.6 Å². The van der Waals surface area contributed by atoms with Crippen LogP contribution in [0.3, 0.4) is 0 Å².